The SMILES string of the molecule is N#Cc1ccc(CN2C[C@@H]3C[C@H](C2)c2cc(-c4cc(N)ncn4)cc(=O)n2C3)cc1. The molecule has 1 saturated heterocycles. The van der Waals surface area contributed by atoms with Gasteiger partial charge in [-0.05, 0) is 36.1 Å². The van der Waals surface area contributed by atoms with Crippen molar-refractivity contribution in [3.63, 3.8) is 0 Å². The molecule has 7 nitrogen and oxygen atoms in total. The number of nitrogens with zero attached hydrogens (tertiary/aromatic N) is 5. The summed E-state index contributed by atoms with van der Waals surface area (Å²) in [5.74, 6) is 1.17. The number of nitrogen functional groups attached to an aromatic ring is 1. The second-order valence-corrected chi connectivity index (χ2v) is 8.25. The Morgan fingerprint density at radius 3 is 2.70 bits per heavy atom. The number of likely N-dealkylation sites (tertiary alicyclic amines) is 1. The van der Waals surface area contributed by atoms with E-state index in [4.69, 9.17) is 11.0 Å². The summed E-state index contributed by atoms with van der Waals surface area (Å²) in [7, 11) is 0. The van der Waals surface area contributed by atoms with Gasteiger partial charge in [0, 0.05) is 55.5 Å². The molecule has 0 radical (unpaired) electrons. The molecule has 5 rings (SSSR count). The number of pyridine rings is 1. The molecular formula is C23H22N6O. The highest BCUT2D eigenvalue weighted by molar-refractivity contribution is 5.61. The molecule has 2 N–H and O–H groups in total. The lowest BCUT2D eigenvalue weighted by Crippen LogP contribution is -2.46. The molecule has 0 unspecified atom stereocenters. The van der Waals surface area contributed by atoms with Crippen LogP contribution in [0.5, 0.6) is 0 Å². The van der Waals surface area contributed by atoms with Crippen LogP contribution in [0, 0.1) is 17.2 Å². The van der Waals surface area contributed by atoms with E-state index in [9.17, 15) is 4.79 Å². The first-order chi connectivity index (χ1) is 14.6. The number of piperidine rings is 1. The standard InChI is InChI=1S/C23H22N6O/c24-9-15-1-3-16(4-2-15)10-28-11-17-5-19(13-28)21-6-18(7-23(30)29(21)12-17)20-8-22(25)27-14-26-20/h1-4,6-8,14,17,19H,5,10-13H2,(H2,25,26,27)/t17-,19+/m0/s1. The van der Waals surface area contributed by atoms with Crippen LogP contribution in [-0.4, -0.2) is 32.5 Å². The Hall–Kier alpha value is -3.50. The van der Waals surface area contributed by atoms with Crippen LogP contribution in [0.15, 0.2) is 53.6 Å². The number of fused-ring (bicyclic) bond motifs is 4. The van der Waals surface area contributed by atoms with Crippen molar-refractivity contribution in [2.75, 3.05) is 18.8 Å². The van der Waals surface area contributed by atoms with Gasteiger partial charge in [0.2, 0.25) is 0 Å². The predicted molar refractivity (Wildman–Crippen MR) is 113 cm³/mol. The van der Waals surface area contributed by atoms with Gasteiger partial charge in [0.1, 0.15) is 12.1 Å². The lowest BCUT2D eigenvalue weighted by molar-refractivity contribution is 0.114. The number of nitrogens with two attached hydrogens (primary N) is 1. The number of aromatic nitrogens is 3. The molecule has 3 aromatic rings. The molecular weight excluding hydrogens is 376 g/mol. The lowest BCUT2D eigenvalue weighted by atomic mass is 9.82. The lowest BCUT2D eigenvalue weighted by Gasteiger charge is -2.43. The first-order valence-corrected chi connectivity index (χ1v) is 10.1. The molecule has 7 heteroatoms. The number of hydrogen-bond donors (Lipinski definition) is 1. The van der Waals surface area contributed by atoms with Gasteiger partial charge in [0.25, 0.3) is 5.56 Å². The van der Waals surface area contributed by atoms with E-state index in [1.807, 2.05) is 28.8 Å². The summed E-state index contributed by atoms with van der Waals surface area (Å²) in [5, 5.41) is 8.99. The van der Waals surface area contributed by atoms with E-state index < -0.39 is 0 Å². The third kappa shape index (κ3) is 3.46. The highest BCUT2D eigenvalue weighted by Crippen LogP contribution is 2.36. The molecule has 4 heterocycles. The van der Waals surface area contributed by atoms with E-state index in [1.165, 1.54) is 11.9 Å². The molecule has 2 aromatic heterocycles. The van der Waals surface area contributed by atoms with Crippen LogP contribution >= 0.6 is 0 Å². The van der Waals surface area contributed by atoms with Gasteiger partial charge >= 0.3 is 0 Å². The van der Waals surface area contributed by atoms with Crippen LogP contribution in [0.1, 0.15) is 29.2 Å². The average molecular weight is 398 g/mol. The van der Waals surface area contributed by atoms with E-state index in [0.717, 1.165) is 43.9 Å². The minimum Gasteiger partial charge on any atom is -0.384 e. The van der Waals surface area contributed by atoms with Gasteiger partial charge in [-0.1, -0.05) is 12.1 Å². The zero-order valence-electron chi connectivity index (χ0n) is 16.5. The summed E-state index contributed by atoms with van der Waals surface area (Å²) in [6.07, 6.45) is 2.52. The minimum atomic E-state index is 0.0231. The fourth-order valence-electron chi connectivity index (χ4n) is 4.81. The van der Waals surface area contributed by atoms with Crippen LogP contribution < -0.4 is 11.3 Å². The van der Waals surface area contributed by atoms with E-state index in [1.54, 1.807) is 12.1 Å². The van der Waals surface area contributed by atoms with Crippen LogP contribution in [0.2, 0.25) is 0 Å². The third-order valence-corrected chi connectivity index (χ3v) is 6.11. The summed E-state index contributed by atoms with van der Waals surface area (Å²) < 4.78 is 1.94. The molecule has 0 spiro atoms. The zero-order valence-corrected chi connectivity index (χ0v) is 16.5. The van der Waals surface area contributed by atoms with Crippen LogP contribution in [0.3, 0.4) is 0 Å². The van der Waals surface area contributed by atoms with Crippen molar-refractivity contribution in [3.8, 4) is 17.3 Å². The second-order valence-electron chi connectivity index (χ2n) is 8.25. The van der Waals surface area contributed by atoms with Crippen molar-refractivity contribution < 1.29 is 0 Å². The normalized spacial score (nSPS) is 20.4. The molecule has 30 heavy (non-hydrogen) atoms. The Morgan fingerprint density at radius 2 is 1.93 bits per heavy atom. The number of rotatable bonds is 3. The smallest absolute Gasteiger partial charge is 0.251 e. The van der Waals surface area contributed by atoms with Gasteiger partial charge in [0.15, 0.2) is 0 Å². The van der Waals surface area contributed by atoms with Crippen molar-refractivity contribution >= 4 is 5.82 Å². The first kappa shape index (κ1) is 18.5. The fraction of sp³-hybridized carbons (Fsp3) is 0.304. The molecule has 2 atom stereocenters. The maximum Gasteiger partial charge on any atom is 0.251 e. The number of nitriles is 1. The van der Waals surface area contributed by atoms with Crippen molar-refractivity contribution in [3.05, 3.63) is 76.0 Å². The summed E-state index contributed by atoms with van der Waals surface area (Å²) in [4.78, 5) is 23.6. The Bertz CT molecular complexity index is 1190. The molecule has 150 valence electrons. The molecule has 1 fully saturated rings. The quantitative estimate of drug-likeness (QED) is 0.727. The third-order valence-electron chi connectivity index (χ3n) is 6.11. The molecule has 0 amide bonds. The maximum absolute atomic E-state index is 12.9. The van der Waals surface area contributed by atoms with Crippen molar-refractivity contribution in [2.45, 2.75) is 25.4 Å². The first-order valence-electron chi connectivity index (χ1n) is 10.1. The fourth-order valence-corrected chi connectivity index (χ4v) is 4.81. The largest absolute Gasteiger partial charge is 0.384 e. The minimum absolute atomic E-state index is 0.0231. The summed E-state index contributed by atoms with van der Waals surface area (Å²) in [6.45, 7) is 3.49. The Labute approximate surface area is 174 Å². The van der Waals surface area contributed by atoms with E-state index >= 15 is 0 Å². The topological polar surface area (TPSA) is 101 Å². The maximum atomic E-state index is 12.9. The van der Waals surface area contributed by atoms with E-state index in [2.05, 4.69) is 27.0 Å². The van der Waals surface area contributed by atoms with E-state index in [-0.39, 0.29) is 5.56 Å². The van der Waals surface area contributed by atoms with Gasteiger partial charge < -0.3 is 10.3 Å². The molecule has 2 aliphatic rings. The summed E-state index contributed by atoms with van der Waals surface area (Å²) in [5.41, 5.74) is 10.3. The molecule has 2 aliphatic heterocycles. The number of benzene rings is 1. The molecule has 0 aliphatic carbocycles. The highest BCUT2D eigenvalue weighted by Gasteiger charge is 2.34. The Morgan fingerprint density at radius 1 is 1.10 bits per heavy atom. The highest BCUT2D eigenvalue weighted by atomic mass is 16.1. The second kappa shape index (κ2) is 7.39. The average Bonchev–Trinajstić information content (AvgIpc) is 2.75. The van der Waals surface area contributed by atoms with Gasteiger partial charge in [-0.15, -0.1) is 0 Å². The van der Waals surface area contributed by atoms with Crippen molar-refractivity contribution in [1.29, 1.82) is 5.26 Å². The molecule has 2 bridgehead atoms. The zero-order chi connectivity index (χ0) is 20.7. The summed E-state index contributed by atoms with van der Waals surface area (Å²) in [6, 6.07) is 15.4. The van der Waals surface area contributed by atoms with Crippen molar-refractivity contribution in [1.82, 2.24) is 19.4 Å². The van der Waals surface area contributed by atoms with Crippen molar-refractivity contribution in [2.24, 2.45) is 5.92 Å². The van der Waals surface area contributed by atoms with E-state index in [0.29, 0.717) is 28.9 Å². The van der Waals surface area contributed by atoms with Gasteiger partial charge in [0.05, 0.1) is 17.3 Å². The number of hydrogen-bond acceptors (Lipinski definition) is 6. The van der Waals surface area contributed by atoms with Crippen LogP contribution in [0.25, 0.3) is 11.3 Å². The van der Waals surface area contributed by atoms with Crippen LogP contribution in [-0.2, 0) is 13.1 Å². The van der Waals surface area contributed by atoms with Crippen LogP contribution in [0.4, 0.5) is 5.82 Å². The van der Waals surface area contributed by atoms with Gasteiger partial charge in [-0.25, -0.2) is 9.97 Å². The van der Waals surface area contributed by atoms with Gasteiger partial charge in [-0.3, -0.25) is 9.69 Å². The summed E-state index contributed by atoms with van der Waals surface area (Å²) >= 11 is 0. The predicted octanol–water partition coefficient (Wildman–Crippen LogP) is 2.38. The number of anilines is 1. The molecule has 1 aromatic carbocycles. The Kier molecular flexibility index (Phi) is 4.57. The monoisotopic (exact) mass is 398 g/mol. The Balaban J connectivity index is 1.43. The van der Waals surface area contributed by atoms with Gasteiger partial charge in [-0.2, -0.15) is 5.26 Å². The molecule has 0 saturated carbocycles.